The van der Waals surface area contributed by atoms with Crippen LogP contribution in [0, 0.1) is 11.3 Å². The van der Waals surface area contributed by atoms with E-state index in [1.807, 2.05) is 29.2 Å². The van der Waals surface area contributed by atoms with Gasteiger partial charge in [0.15, 0.2) is 0 Å². The molecular weight excluding hydrogens is 248 g/mol. The quantitative estimate of drug-likeness (QED) is 0.840. The molecule has 1 amide bonds. The molecule has 0 bridgehead atoms. The van der Waals surface area contributed by atoms with Crippen LogP contribution < -0.4 is 0 Å². The van der Waals surface area contributed by atoms with E-state index in [0.29, 0.717) is 19.0 Å². The maximum Gasteiger partial charge on any atom is 0.254 e. The second-order valence-electron chi connectivity index (χ2n) is 6.47. The first-order valence-electron chi connectivity index (χ1n) is 7.22. The van der Waals surface area contributed by atoms with Crippen LogP contribution in [0.5, 0.6) is 0 Å². The Bertz CT molecular complexity index is 515. The molecule has 2 rings (SSSR count). The molecule has 0 radical (unpaired) electrons. The highest BCUT2D eigenvalue weighted by Gasteiger charge is 2.32. The Morgan fingerprint density at radius 3 is 2.35 bits per heavy atom. The van der Waals surface area contributed by atoms with Crippen LogP contribution >= 0.6 is 0 Å². The van der Waals surface area contributed by atoms with Gasteiger partial charge in [-0.25, -0.2) is 0 Å². The predicted molar refractivity (Wildman–Crippen MR) is 79.4 cm³/mol. The lowest BCUT2D eigenvalue weighted by atomic mass is 9.86. The summed E-state index contributed by atoms with van der Waals surface area (Å²) in [7, 11) is 0. The number of rotatable bonds is 4. The number of amides is 1. The number of hydrogen-bond acceptors (Lipinski definition) is 2. The fourth-order valence-electron chi connectivity index (χ4n) is 2.29. The first kappa shape index (κ1) is 14.6. The van der Waals surface area contributed by atoms with Gasteiger partial charge in [-0.15, -0.1) is 0 Å². The Kier molecular flexibility index (Phi) is 4.13. The molecule has 20 heavy (non-hydrogen) atoms. The minimum atomic E-state index is 0.0585. The Morgan fingerprint density at radius 2 is 1.90 bits per heavy atom. The van der Waals surface area contributed by atoms with Crippen LogP contribution in [0.15, 0.2) is 24.3 Å². The Hall–Kier alpha value is -1.82. The lowest BCUT2D eigenvalue weighted by Gasteiger charge is -2.22. The number of nitriles is 1. The molecule has 1 saturated carbocycles. The van der Waals surface area contributed by atoms with Gasteiger partial charge in [-0.1, -0.05) is 32.9 Å². The zero-order chi connectivity index (χ0) is 14.8. The number of carbonyl (C=O) groups excluding carboxylic acids is 1. The van der Waals surface area contributed by atoms with E-state index in [-0.39, 0.29) is 11.3 Å². The third-order valence-corrected chi connectivity index (χ3v) is 3.71. The Labute approximate surface area is 121 Å². The second-order valence-corrected chi connectivity index (χ2v) is 6.47. The molecule has 0 atom stereocenters. The number of hydrogen-bond donors (Lipinski definition) is 0. The maximum atomic E-state index is 12.5. The van der Waals surface area contributed by atoms with Gasteiger partial charge in [-0.05, 0) is 36.0 Å². The van der Waals surface area contributed by atoms with Crippen LogP contribution in [0.25, 0.3) is 0 Å². The predicted octanol–water partition coefficient (Wildman–Crippen LogP) is 3.50. The second kappa shape index (κ2) is 5.66. The lowest BCUT2D eigenvalue weighted by Crippen LogP contribution is -2.33. The van der Waals surface area contributed by atoms with Crippen molar-refractivity contribution in [3.63, 3.8) is 0 Å². The molecule has 0 spiro atoms. The molecule has 1 aliphatic carbocycles. The highest BCUT2D eigenvalue weighted by molar-refractivity contribution is 5.94. The standard InChI is InChI=1S/C17H22N2O/c1-17(2,3)14-7-5-13(6-8-14)16(20)19(12-4-11-18)15-9-10-15/h5-8,15H,4,9-10,12H2,1-3H3. The summed E-state index contributed by atoms with van der Waals surface area (Å²) in [5, 5.41) is 8.71. The number of benzene rings is 1. The maximum absolute atomic E-state index is 12.5. The van der Waals surface area contributed by atoms with Gasteiger partial charge in [0, 0.05) is 18.2 Å². The first-order valence-corrected chi connectivity index (χ1v) is 7.22. The molecule has 1 fully saturated rings. The van der Waals surface area contributed by atoms with E-state index in [2.05, 4.69) is 26.8 Å². The third-order valence-electron chi connectivity index (χ3n) is 3.71. The van der Waals surface area contributed by atoms with Gasteiger partial charge in [0.25, 0.3) is 5.91 Å². The van der Waals surface area contributed by atoms with Gasteiger partial charge in [0.05, 0.1) is 12.5 Å². The molecule has 1 aromatic rings. The topological polar surface area (TPSA) is 44.1 Å². The fourth-order valence-corrected chi connectivity index (χ4v) is 2.29. The molecular formula is C17H22N2O. The summed E-state index contributed by atoms with van der Waals surface area (Å²) < 4.78 is 0. The summed E-state index contributed by atoms with van der Waals surface area (Å²) in [5.74, 6) is 0.0585. The van der Waals surface area contributed by atoms with Crippen LogP contribution in [0.3, 0.4) is 0 Å². The van der Waals surface area contributed by atoms with Crippen LogP contribution in [0.2, 0.25) is 0 Å². The van der Waals surface area contributed by atoms with E-state index in [0.717, 1.165) is 18.4 Å². The smallest absolute Gasteiger partial charge is 0.254 e. The zero-order valence-corrected chi connectivity index (χ0v) is 12.5. The molecule has 1 aromatic carbocycles. The van der Waals surface area contributed by atoms with Gasteiger partial charge < -0.3 is 4.90 Å². The van der Waals surface area contributed by atoms with Crippen LogP contribution in [0.4, 0.5) is 0 Å². The van der Waals surface area contributed by atoms with Crippen molar-refractivity contribution in [2.45, 2.75) is 51.5 Å². The number of carbonyl (C=O) groups is 1. The molecule has 106 valence electrons. The highest BCUT2D eigenvalue weighted by atomic mass is 16.2. The van der Waals surface area contributed by atoms with E-state index in [1.54, 1.807) is 0 Å². The summed E-state index contributed by atoms with van der Waals surface area (Å²) in [4.78, 5) is 14.4. The minimum Gasteiger partial charge on any atom is -0.335 e. The first-order chi connectivity index (χ1) is 9.43. The van der Waals surface area contributed by atoms with Gasteiger partial charge in [0.1, 0.15) is 0 Å². The molecule has 0 aliphatic heterocycles. The van der Waals surface area contributed by atoms with Gasteiger partial charge in [0.2, 0.25) is 0 Å². The minimum absolute atomic E-state index is 0.0585. The van der Waals surface area contributed by atoms with Crippen molar-refractivity contribution in [3.05, 3.63) is 35.4 Å². The van der Waals surface area contributed by atoms with E-state index in [9.17, 15) is 4.79 Å². The van der Waals surface area contributed by atoms with Crippen molar-refractivity contribution in [2.75, 3.05) is 6.54 Å². The normalized spacial score (nSPS) is 14.7. The third kappa shape index (κ3) is 3.39. The summed E-state index contributed by atoms with van der Waals surface area (Å²) in [5.41, 5.74) is 2.05. The van der Waals surface area contributed by atoms with E-state index < -0.39 is 0 Å². The average molecular weight is 270 g/mol. The van der Waals surface area contributed by atoms with Crippen molar-refractivity contribution in [3.8, 4) is 6.07 Å². The van der Waals surface area contributed by atoms with Crippen LogP contribution in [-0.4, -0.2) is 23.4 Å². The van der Waals surface area contributed by atoms with Crippen LogP contribution in [-0.2, 0) is 5.41 Å². The van der Waals surface area contributed by atoms with Crippen molar-refractivity contribution < 1.29 is 4.79 Å². The Balaban J connectivity index is 2.13. The summed E-state index contributed by atoms with van der Waals surface area (Å²) in [6.07, 6.45) is 2.54. The summed E-state index contributed by atoms with van der Waals surface area (Å²) in [6, 6.07) is 10.3. The van der Waals surface area contributed by atoms with Crippen molar-refractivity contribution in [2.24, 2.45) is 0 Å². The summed E-state index contributed by atoms with van der Waals surface area (Å²) in [6.45, 7) is 7.02. The monoisotopic (exact) mass is 270 g/mol. The Morgan fingerprint density at radius 1 is 1.30 bits per heavy atom. The fraction of sp³-hybridized carbons (Fsp3) is 0.529. The SMILES string of the molecule is CC(C)(C)c1ccc(C(=O)N(CCC#N)C2CC2)cc1. The molecule has 0 N–H and O–H groups in total. The number of nitrogens with zero attached hydrogens (tertiary/aromatic N) is 2. The molecule has 3 heteroatoms. The zero-order valence-electron chi connectivity index (χ0n) is 12.5. The molecule has 1 aliphatic rings. The van der Waals surface area contributed by atoms with Crippen molar-refractivity contribution in [1.82, 2.24) is 4.90 Å². The molecule has 0 unspecified atom stereocenters. The molecule has 0 heterocycles. The van der Waals surface area contributed by atoms with E-state index >= 15 is 0 Å². The average Bonchev–Trinajstić information content (AvgIpc) is 3.23. The highest BCUT2D eigenvalue weighted by Crippen LogP contribution is 2.29. The van der Waals surface area contributed by atoms with Gasteiger partial charge in [-0.3, -0.25) is 4.79 Å². The van der Waals surface area contributed by atoms with E-state index in [4.69, 9.17) is 5.26 Å². The largest absolute Gasteiger partial charge is 0.335 e. The van der Waals surface area contributed by atoms with Crippen molar-refractivity contribution >= 4 is 5.91 Å². The van der Waals surface area contributed by atoms with Crippen molar-refractivity contribution in [1.29, 1.82) is 5.26 Å². The van der Waals surface area contributed by atoms with E-state index in [1.165, 1.54) is 5.56 Å². The van der Waals surface area contributed by atoms with Gasteiger partial charge >= 0.3 is 0 Å². The molecule has 0 saturated heterocycles. The lowest BCUT2D eigenvalue weighted by molar-refractivity contribution is 0.0747. The molecule has 3 nitrogen and oxygen atoms in total. The van der Waals surface area contributed by atoms with Crippen LogP contribution in [0.1, 0.15) is 56.0 Å². The molecule has 0 aromatic heterocycles. The van der Waals surface area contributed by atoms with Gasteiger partial charge in [-0.2, -0.15) is 5.26 Å². The summed E-state index contributed by atoms with van der Waals surface area (Å²) >= 11 is 0.